The van der Waals surface area contributed by atoms with Gasteiger partial charge in [0.1, 0.15) is 37.6 Å². The zero-order valence-electron chi connectivity index (χ0n) is 24.6. The largest absolute Gasteiger partial charge is 0.462 e. The maximum atomic E-state index is 11.9. The fourth-order valence-electron chi connectivity index (χ4n) is 6.42. The molecule has 0 radical (unpaired) electrons. The van der Waals surface area contributed by atoms with Crippen molar-refractivity contribution in [2.45, 2.75) is 120 Å². The summed E-state index contributed by atoms with van der Waals surface area (Å²) >= 11 is 0. The molecule has 236 valence electrons. The molecule has 6 atom stereocenters. The van der Waals surface area contributed by atoms with E-state index in [1.165, 1.54) is 12.8 Å². The van der Waals surface area contributed by atoms with E-state index in [1.807, 2.05) is 6.92 Å². The zero-order chi connectivity index (χ0) is 28.5. The van der Waals surface area contributed by atoms with Gasteiger partial charge in [0.2, 0.25) is 0 Å². The minimum atomic E-state index is -0.603. The first-order valence-electron chi connectivity index (χ1n) is 15.4. The minimum Gasteiger partial charge on any atom is -0.462 e. The Morgan fingerprint density at radius 3 is 2.27 bits per heavy atom. The van der Waals surface area contributed by atoms with E-state index >= 15 is 0 Å². The number of hydrogen-bond donors (Lipinski definition) is 0. The third kappa shape index (κ3) is 8.37. The Kier molecular flexibility index (Phi) is 11.7. The number of rotatable bonds is 15. The number of ether oxygens (including phenoxy) is 11. The van der Waals surface area contributed by atoms with Gasteiger partial charge in [-0.2, -0.15) is 0 Å². The molecule has 2 saturated carbocycles. The highest BCUT2D eigenvalue weighted by molar-refractivity contribution is 5.70. The summed E-state index contributed by atoms with van der Waals surface area (Å²) in [6, 6.07) is 0. The summed E-state index contributed by atoms with van der Waals surface area (Å²) in [5, 5.41) is 0. The summed E-state index contributed by atoms with van der Waals surface area (Å²) < 4.78 is 65.0. The molecule has 2 aliphatic carbocycles. The molecule has 0 aromatic carbocycles. The number of methoxy groups -OCH3 is 1. The molecule has 0 amide bonds. The van der Waals surface area contributed by atoms with E-state index in [2.05, 4.69) is 0 Å². The number of carbonyl (C=O) groups is 1. The number of fused-ring (bicyclic) bond motifs is 1. The topological polar surface area (TPSA) is 119 Å². The van der Waals surface area contributed by atoms with Crippen molar-refractivity contribution in [3.05, 3.63) is 0 Å². The van der Waals surface area contributed by atoms with Crippen molar-refractivity contribution in [1.82, 2.24) is 0 Å². The van der Waals surface area contributed by atoms with Gasteiger partial charge in [-0.05, 0) is 32.6 Å². The van der Waals surface area contributed by atoms with Gasteiger partial charge < -0.3 is 52.1 Å². The van der Waals surface area contributed by atoms with Crippen LogP contribution in [0.25, 0.3) is 0 Å². The molecule has 3 saturated heterocycles. The molecule has 12 nitrogen and oxygen atoms in total. The van der Waals surface area contributed by atoms with Crippen LogP contribution in [0.15, 0.2) is 0 Å². The van der Waals surface area contributed by atoms with Crippen molar-refractivity contribution in [2.24, 2.45) is 0 Å². The van der Waals surface area contributed by atoms with E-state index in [4.69, 9.17) is 52.1 Å². The molecule has 2 spiro atoms. The van der Waals surface area contributed by atoms with Crippen molar-refractivity contribution in [2.75, 3.05) is 60.0 Å². The molecule has 3 heterocycles. The van der Waals surface area contributed by atoms with Crippen molar-refractivity contribution >= 4 is 5.97 Å². The molecule has 2 unspecified atom stereocenters. The van der Waals surface area contributed by atoms with E-state index < -0.39 is 42.3 Å². The summed E-state index contributed by atoms with van der Waals surface area (Å²) in [7, 11) is 1.61. The lowest BCUT2D eigenvalue weighted by atomic mass is 9.94. The highest BCUT2D eigenvalue weighted by Gasteiger charge is 2.62. The minimum absolute atomic E-state index is 0.0850. The molecule has 0 aromatic rings. The summed E-state index contributed by atoms with van der Waals surface area (Å²) in [5.74, 6) is -1.59. The molecular weight excluding hydrogens is 540 g/mol. The standard InChI is InChI=1S/C29H48O12/c1-21(34-17-18-35-23(30)20-33-16-15-32-14-13-31-2)37-25-24(22-19-36-28(39-22)9-5-3-6-10-28)38-27-26(25)40-29(41-27)11-7-4-8-12-29/h21-22,24-27H,3-20H2,1-2H3/t21?,22?,24-,25+,26-,27-/m1/s1. The molecule has 3 aliphatic heterocycles. The predicted molar refractivity (Wildman–Crippen MR) is 142 cm³/mol. The monoisotopic (exact) mass is 588 g/mol. The van der Waals surface area contributed by atoms with Crippen molar-refractivity contribution < 1.29 is 56.9 Å². The van der Waals surface area contributed by atoms with E-state index in [0.29, 0.717) is 33.0 Å². The zero-order valence-corrected chi connectivity index (χ0v) is 24.6. The molecular formula is C29H48O12. The first kappa shape index (κ1) is 31.5. The Morgan fingerprint density at radius 2 is 1.51 bits per heavy atom. The second-order valence-corrected chi connectivity index (χ2v) is 11.5. The summed E-state index contributed by atoms with van der Waals surface area (Å²) in [6.07, 6.45) is 7.60. The highest BCUT2D eigenvalue weighted by Crippen LogP contribution is 2.48. The van der Waals surface area contributed by atoms with E-state index in [9.17, 15) is 4.79 Å². The number of esters is 1. The van der Waals surface area contributed by atoms with Gasteiger partial charge in [-0.1, -0.05) is 12.8 Å². The molecule has 41 heavy (non-hydrogen) atoms. The van der Waals surface area contributed by atoms with Crippen LogP contribution in [0.4, 0.5) is 0 Å². The highest BCUT2D eigenvalue weighted by atomic mass is 16.9. The van der Waals surface area contributed by atoms with Gasteiger partial charge >= 0.3 is 5.97 Å². The van der Waals surface area contributed by atoms with Gasteiger partial charge in [0.05, 0.1) is 39.6 Å². The Bertz CT molecular complexity index is 799. The van der Waals surface area contributed by atoms with Gasteiger partial charge in [-0.3, -0.25) is 0 Å². The lowest BCUT2D eigenvalue weighted by Crippen LogP contribution is -2.47. The van der Waals surface area contributed by atoms with E-state index in [0.717, 1.165) is 51.4 Å². The second-order valence-electron chi connectivity index (χ2n) is 11.5. The summed E-state index contributed by atoms with van der Waals surface area (Å²) in [4.78, 5) is 11.9. The van der Waals surface area contributed by atoms with Crippen LogP contribution in [0, 0.1) is 0 Å². The quantitative estimate of drug-likeness (QED) is 0.159. The number of carbonyl (C=O) groups excluding carboxylic acids is 1. The number of hydrogen-bond acceptors (Lipinski definition) is 12. The Hall–Kier alpha value is -0.930. The van der Waals surface area contributed by atoms with Crippen LogP contribution < -0.4 is 0 Å². The van der Waals surface area contributed by atoms with E-state index in [-0.39, 0.29) is 32.0 Å². The average molecular weight is 589 g/mol. The smallest absolute Gasteiger partial charge is 0.332 e. The maximum Gasteiger partial charge on any atom is 0.332 e. The Morgan fingerprint density at radius 1 is 0.805 bits per heavy atom. The van der Waals surface area contributed by atoms with E-state index in [1.54, 1.807) is 7.11 Å². The van der Waals surface area contributed by atoms with Crippen LogP contribution >= 0.6 is 0 Å². The molecule has 5 rings (SSSR count). The summed E-state index contributed by atoms with van der Waals surface area (Å²) in [6.45, 7) is 4.07. The van der Waals surface area contributed by atoms with Crippen molar-refractivity contribution in [3.8, 4) is 0 Å². The van der Waals surface area contributed by atoms with Gasteiger partial charge in [0, 0.05) is 32.8 Å². The fourth-order valence-corrected chi connectivity index (χ4v) is 6.42. The first-order chi connectivity index (χ1) is 20.0. The van der Waals surface area contributed by atoms with Crippen LogP contribution in [0.2, 0.25) is 0 Å². The molecule has 0 bridgehead atoms. The molecule has 5 fully saturated rings. The van der Waals surface area contributed by atoms with Crippen molar-refractivity contribution in [1.29, 1.82) is 0 Å². The second kappa shape index (κ2) is 15.2. The first-order valence-corrected chi connectivity index (χ1v) is 15.4. The fraction of sp³-hybridized carbons (Fsp3) is 0.966. The maximum absolute atomic E-state index is 11.9. The van der Waals surface area contributed by atoms with Crippen LogP contribution in [0.3, 0.4) is 0 Å². The molecule has 12 heteroatoms. The van der Waals surface area contributed by atoms with Gasteiger partial charge in [0.15, 0.2) is 24.2 Å². The van der Waals surface area contributed by atoms with Crippen LogP contribution in [0.1, 0.15) is 71.1 Å². The summed E-state index contributed by atoms with van der Waals surface area (Å²) in [5.41, 5.74) is 0. The lowest BCUT2D eigenvalue weighted by Gasteiger charge is -2.36. The van der Waals surface area contributed by atoms with Crippen LogP contribution in [-0.4, -0.2) is 115 Å². The lowest BCUT2D eigenvalue weighted by molar-refractivity contribution is -0.274. The van der Waals surface area contributed by atoms with Crippen molar-refractivity contribution in [3.63, 3.8) is 0 Å². The average Bonchev–Trinajstić information content (AvgIpc) is 3.63. The predicted octanol–water partition coefficient (Wildman–Crippen LogP) is 2.83. The SMILES string of the molecule is COCCOCCOCC(=O)OCCOC(C)O[C@@H]1[C@H]2OC3(CCCCC3)O[C@H]2O[C@@H]1C1COC2(CCCCC2)O1. The third-order valence-corrected chi connectivity index (χ3v) is 8.43. The van der Waals surface area contributed by atoms with Gasteiger partial charge in [0.25, 0.3) is 0 Å². The van der Waals surface area contributed by atoms with Gasteiger partial charge in [-0.15, -0.1) is 0 Å². The van der Waals surface area contributed by atoms with Crippen LogP contribution in [-0.2, 0) is 56.9 Å². The molecule has 0 N–H and O–H groups in total. The normalized spacial score (nSPS) is 32.9. The van der Waals surface area contributed by atoms with Crippen LogP contribution in [0.5, 0.6) is 0 Å². The van der Waals surface area contributed by atoms with Gasteiger partial charge in [-0.25, -0.2) is 4.79 Å². The Balaban J connectivity index is 1.07. The Labute approximate surface area is 242 Å². The third-order valence-electron chi connectivity index (χ3n) is 8.43. The molecule has 0 aromatic heterocycles. The molecule has 5 aliphatic rings.